The van der Waals surface area contributed by atoms with Crippen LogP contribution in [0.15, 0.2) is 0 Å². The second kappa shape index (κ2) is 3.70. The lowest BCUT2D eigenvalue weighted by atomic mass is 9.62. The summed E-state index contributed by atoms with van der Waals surface area (Å²) in [5.74, 6) is 0.813. The van der Waals surface area contributed by atoms with E-state index in [2.05, 4.69) is 20.8 Å². The van der Waals surface area contributed by atoms with E-state index in [9.17, 15) is 8.42 Å². The minimum atomic E-state index is -2.71. The van der Waals surface area contributed by atoms with Crippen LogP contribution in [0.5, 0.6) is 0 Å². The molecule has 2 fully saturated rings. The monoisotopic (exact) mass is 260 g/mol. The molecule has 2 rings (SSSR count). The summed E-state index contributed by atoms with van der Waals surface area (Å²) in [5, 5.41) is 0. The Morgan fingerprint density at radius 1 is 1.00 bits per heavy atom. The minimum Gasteiger partial charge on any atom is -0.378 e. The Balaban J connectivity index is 2.08. The number of methoxy groups -OCH3 is 1. The molecular weight excluding hydrogens is 236 g/mol. The molecular formula is C13H24O3S. The summed E-state index contributed by atoms with van der Waals surface area (Å²) in [6.07, 6.45) is 3.97. The van der Waals surface area contributed by atoms with E-state index in [1.54, 1.807) is 7.11 Å². The molecule has 0 aromatic heterocycles. The van der Waals surface area contributed by atoms with E-state index >= 15 is 0 Å². The molecule has 2 aliphatic rings. The maximum Gasteiger partial charge on any atom is 0.151 e. The number of sulfone groups is 1. The van der Waals surface area contributed by atoms with Crippen molar-refractivity contribution in [1.82, 2.24) is 0 Å². The summed E-state index contributed by atoms with van der Waals surface area (Å²) in [6, 6.07) is 0. The summed E-state index contributed by atoms with van der Waals surface area (Å²) < 4.78 is 28.5. The third kappa shape index (κ3) is 2.14. The van der Waals surface area contributed by atoms with Crippen molar-refractivity contribution < 1.29 is 13.2 Å². The normalized spacial score (nSPS) is 29.9. The van der Waals surface area contributed by atoms with Crippen molar-refractivity contribution in [2.75, 3.05) is 18.6 Å². The van der Waals surface area contributed by atoms with Gasteiger partial charge < -0.3 is 4.74 Å². The molecule has 0 amide bonds. The highest BCUT2D eigenvalue weighted by molar-refractivity contribution is 7.92. The Morgan fingerprint density at radius 3 is 1.76 bits per heavy atom. The van der Waals surface area contributed by atoms with Crippen LogP contribution in [0, 0.1) is 10.8 Å². The van der Waals surface area contributed by atoms with E-state index in [0.717, 1.165) is 25.7 Å². The zero-order chi connectivity index (χ0) is 12.9. The molecule has 1 saturated carbocycles. The van der Waals surface area contributed by atoms with Crippen LogP contribution in [0.2, 0.25) is 0 Å². The molecule has 0 atom stereocenters. The van der Waals surface area contributed by atoms with Crippen molar-refractivity contribution in [2.45, 2.75) is 52.1 Å². The van der Waals surface area contributed by atoms with Crippen LogP contribution in [0.3, 0.4) is 0 Å². The first kappa shape index (κ1) is 13.3. The van der Waals surface area contributed by atoms with Crippen LogP contribution in [0.1, 0.15) is 46.5 Å². The van der Waals surface area contributed by atoms with Crippen LogP contribution in [-0.4, -0.2) is 32.6 Å². The lowest BCUT2D eigenvalue weighted by molar-refractivity contribution is -0.131. The highest BCUT2D eigenvalue weighted by atomic mass is 32.2. The van der Waals surface area contributed by atoms with Gasteiger partial charge in [-0.2, -0.15) is 0 Å². The number of rotatable bonds is 1. The van der Waals surface area contributed by atoms with Gasteiger partial charge in [-0.25, -0.2) is 8.42 Å². The quantitative estimate of drug-likeness (QED) is 0.727. The van der Waals surface area contributed by atoms with Gasteiger partial charge in [0.2, 0.25) is 0 Å². The van der Waals surface area contributed by atoms with Crippen LogP contribution in [0.25, 0.3) is 0 Å². The lowest BCUT2D eigenvalue weighted by Crippen LogP contribution is -2.56. The number of ether oxygens (including phenoxy) is 1. The van der Waals surface area contributed by atoms with E-state index in [1.807, 2.05) is 0 Å². The van der Waals surface area contributed by atoms with Crippen LogP contribution < -0.4 is 0 Å². The molecule has 3 nitrogen and oxygen atoms in total. The Morgan fingerprint density at radius 2 is 1.47 bits per heavy atom. The number of hydrogen-bond acceptors (Lipinski definition) is 3. The molecule has 1 heterocycles. The largest absolute Gasteiger partial charge is 0.378 e. The summed E-state index contributed by atoms with van der Waals surface area (Å²) in [7, 11) is -0.917. The third-order valence-corrected chi connectivity index (χ3v) is 7.03. The highest BCUT2D eigenvalue weighted by Crippen LogP contribution is 2.53. The van der Waals surface area contributed by atoms with Gasteiger partial charge in [-0.1, -0.05) is 20.8 Å². The molecule has 0 aromatic carbocycles. The van der Waals surface area contributed by atoms with E-state index in [0.29, 0.717) is 11.5 Å². The van der Waals surface area contributed by atoms with Crippen LogP contribution >= 0.6 is 0 Å². The number of hydrogen-bond donors (Lipinski definition) is 0. The van der Waals surface area contributed by atoms with Crippen molar-refractivity contribution in [3.63, 3.8) is 0 Å². The van der Waals surface area contributed by atoms with Crippen molar-refractivity contribution in [2.24, 2.45) is 10.8 Å². The van der Waals surface area contributed by atoms with Gasteiger partial charge in [0.15, 0.2) is 9.84 Å². The minimum absolute atomic E-state index is 0.0718. The fourth-order valence-electron chi connectivity index (χ4n) is 3.62. The SMILES string of the molecule is COC1(C(C)(C)C)CCC2(CC1)CS(=O)(=O)C2. The second-order valence-corrected chi connectivity index (χ2v) is 9.05. The summed E-state index contributed by atoms with van der Waals surface area (Å²) in [4.78, 5) is 0. The van der Waals surface area contributed by atoms with Gasteiger partial charge in [0, 0.05) is 7.11 Å². The van der Waals surface area contributed by atoms with E-state index in [-0.39, 0.29) is 16.4 Å². The smallest absolute Gasteiger partial charge is 0.151 e. The Bertz CT molecular complexity index is 381. The van der Waals surface area contributed by atoms with Gasteiger partial charge in [-0.15, -0.1) is 0 Å². The average Bonchev–Trinajstić information content (AvgIpc) is 2.14. The van der Waals surface area contributed by atoms with E-state index in [4.69, 9.17) is 4.74 Å². The maximum absolute atomic E-state index is 11.4. The average molecular weight is 260 g/mol. The van der Waals surface area contributed by atoms with Crippen LogP contribution in [0.4, 0.5) is 0 Å². The molecule has 0 N–H and O–H groups in total. The lowest BCUT2D eigenvalue weighted by Gasteiger charge is -2.54. The van der Waals surface area contributed by atoms with Gasteiger partial charge in [0.25, 0.3) is 0 Å². The molecule has 0 aromatic rings. The first-order valence-electron chi connectivity index (χ1n) is 6.39. The molecule has 0 radical (unpaired) electrons. The molecule has 4 heteroatoms. The van der Waals surface area contributed by atoms with Gasteiger partial charge in [0.1, 0.15) is 0 Å². The Hall–Kier alpha value is -0.0900. The van der Waals surface area contributed by atoms with Crippen LogP contribution in [-0.2, 0) is 14.6 Å². The zero-order valence-corrected chi connectivity index (χ0v) is 12.2. The maximum atomic E-state index is 11.4. The molecule has 1 aliphatic heterocycles. The van der Waals surface area contributed by atoms with Gasteiger partial charge in [0.05, 0.1) is 17.1 Å². The predicted molar refractivity (Wildman–Crippen MR) is 68.7 cm³/mol. The fourth-order valence-corrected chi connectivity index (χ4v) is 5.98. The Labute approximate surface area is 105 Å². The van der Waals surface area contributed by atoms with E-state index in [1.165, 1.54) is 0 Å². The molecule has 1 aliphatic carbocycles. The van der Waals surface area contributed by atoms with Crippen molar-refractivity contribution in [3.05, 3.63) is 0 Å². The van der Waals surface area contributed by atoms with Gasteiger partial charge in [-0.05, 0) is 36.5 Å². The predicted octanol–water partition coefficient (Wildman–Crippen LogP) is 2.41. The highest BCUT2D eigenvalue weighted by Gasteiger charge is 2.55. The summed E-state index contributed by atoms with van der Waals surface area (Å²) in [6.45, 7) is 6.64. The summed E-state index contributed by atoms with van der Waals surface area (Å²) in [5.41, 5.74) is 0.135. The molecule has 0 bridgehead atoms. The zero-order valence-electron chi connectivity index (χ0n) is 11.4. The first-order valence-corrected chi connectivity index (χ1v) is 8.22. The van der Waals surface area contributed by atoms with E-state index < -0.39 is 9.84 Å². The van der Waals surface area contributed by atoms with Gasteiger partial charge >= 0.3 is 0 Å². The molecule has 100 valence electrons. The first-order chi connectivity index (χ1) is 7.64. The molecule has 1 spiro atoms. The Kier molecular flexibility index (Phi) is 2.91. The van der Waals surface area contributed by atoms with Gasteiger partial charge in [-0.3, -0.25) is 0 Å². The molecule has 1 saturated heterocycles. The molecule has 17 heavy (non-hydrogen) atoms. The molecule has 0 unspecified atom stereocenters. The van der Waals surface area contributed by atoms with Crippen molar-refractivity contribution in [3.8, 4) is 0 Å². The third-order valence-electron chi connectivity index (χ3n) is 4.93. The summed E-state index contributed by atoms with van der Waals surface area (Å²) >= 11 is 0. The topological polar surface area (TPSA) is 43.4 Å². The standard InChI is InChI=1S/C13H24O3S/c1-11(2,3)13(16-4)7-5-12(6-8-13)9-17(14,15)10-12/h5-10H2,1-4H3. The fraction of sp³-hybridized carbons (Fsp3) is 1.00. The van der Waals surface area contributed by atoms with Crippen molar-refractivity contribution in [1.29, 1.82) is 0 Å². The van der Waals surface area contributed by atoms with Crippen molar-refractivity contribution >= 4 is 9.84 Å². The second-order valence-electron chi connectivity index (χ2n) is 6.98.